The maximum absolute atomic E-state index is 11.6. The molecular formula is C10H12N2OS. The lowest BCUT2D eigenvalue weighted by Gasteiger charge is -2.12. The third kappa shape index (κ3) is 1.43. The molecule has 0 aliphatic heterocycles. The number of carbonyl (C=O) groups is 1. The normalized spacial score (nSPS) is 33.9. The third-order valence-electron chi connectivity index (χ3n) is 3.24. The fraction of sp³-hybridized carbons (Fsp3) is 0.600. The summed E-state index contributed by atoms with van der Waals surface area (Å²) < 4.78 is 0. The van der Waals surface area contributed by atoms with Gasteiger partial charge in [-0.25, -0.2) is 4.98 Å². The first-order valence-electron chi connectivity index (χ1n) is 5.02. The molecule has 74 valence electrons. The number of thiazole rings is 1. The van der Waals surface area contributed by atoms with E-state index in [1.807, 2.05) is 0 Å². The molecule has 0 spiro atoms. The zero-order valence-electron chi connectivity index (χ0n) is 7.77. The molecule has 2 aliphatic rings. The van der Waals surface area contributed by atoms with Crippen molar-refractivity contribution in [1.29, 1.82) is 0 Å². The molecule has 2 saturated carbocycles. The van der Waals surface area contributed by atoms with Crippen LogP contribution >= 0.6 is 11.3 Å². The van der Waals surface area contributed by atoms with E-state index in [0.717, 1.165) is 11.8 Å². The first-order chi connectivity index (χ1) is 6.83. The van der Waals surface area contributed by atoms with Crippen molar-refractivity contribution >= 4 is 17.2 Å². The van der Waals surface area contributed by atoms with Gasteiger partial charge in [0.1, 0.15) is 5.69 Å². The quantitative estimate of drug-likeness (QED) is 0.803. The number of nitrogens with zero attached hydrogens (tertiary/aromatic N) is 1. The van der Waals surface area contributed by atoms with Crippen molar-refractivity contribution in [2.24, 2.45) is 11.8 Å². The molecule has 4 heteroatoms. The van der Waals surface area contributed by atoms with Gasteiger partial charge in [-0.1, -0.05) is 0 Å². The van der Waals surface area contributed by atoms with Gasteiger partial charge in [-0.2, -0.15) is 0 Å². The van der Waals surface area contributed by atoms with Gasteiger partial charge in [-0.3, -0.25) is 4.79 Å². The first kappa shape index (κ1) is 8.41. The summed E-state index contributed by atoms with van der Waals surface area (Å²) in [6.07, 6.45) is 3.75. The summed E-state index contributed by atoms with van der Waals surface area (Å²) in [6, 6.07) is 0.410. The summed E-state index contributed by atoms with van der Waals surface area (Å²) >= 11 is 1.46. The van der Waals surface area contributed by atoms with Gasteiger partial charge in [0, 0.05) is 11.4 Å². The molecule has 2 atom stereocenters. The van der Waals surface area contributed by atoms with E-state index in [-0.39, 0.29) is 5.91 Å². The molecule has 2 fully saturated rings. The second-order valence-electron chi connectivity index (χ2n) is 4.27. The molecule has 1 aromatic heterocycles. The predicted octanol–water partition coefficient (Wildman–Crippen LogP) is 1.67. The maximum Gasteiger partial charge on any atom is 0.270 e. The number of aromatic nitrogens is 1. The Morgan fingerprint density at radius 2 is 2.21 bits per heavy atom. The Morgan fingerprint density at radius 3 is 2.86 bits per heavy atom. The average molecular weight is 208 g/mol. The van der Waals surface area contributed by atoms with E-state index < -0.39 is 0 Å². The van der Waals surface area contributed by atoms with Crippen molar-refractivity contribution in [3.05, 3.63) is 16.6 Å². The molecule has 2 aliphatic carbocycles. The van der Waals surface area contributed by atoms with Gasteiger partial charge in [0.15, 0.2) is 0 Å². The molecule has 1 heterocycles. The Balaban J connectivity index is 1.60. The van der Waals surface area contributed by atoms with Gasteiger partial charge < -0.3 is 5.32 Å². The third-order valence-corrected chi connectivity index (χ3v) is 3.83. The van der Waals surface area contributed by atoms with Crippen LogP contribution in [-0.2, 0) is 0 Å². The number of hydrogen-bond acceptors (Lipinski definition) is 3. The van der Waals surface area contributed by atoms with Crippen LogP contribution in [0.3, 0.4) is 0 Å². The van der Waals surface area contributed by atoms with Crippen LogP contribution in [0.15, 0.2) is 10.9 Å². The number of amides is 1. The van der Waals surface area contributed by atoms with Crippen LogP contribution in [0.4, 0.5) is 0 Å². The van der Waals surface area contributed by atoms with Gasteiger partial charge in [0.05, 0.1) is 5.51 Å². The van der Waals surface area contributed by atoms with Crippen LogP contribution in [0.25, 0.3) is 0 Å². The van der Waals surface area contributed by atoms with E-state index in [1.165, 1.54) is 30.6 Å². The van der Waals surface area contributed by atoms with Gasteiger partial charge in [0.2, 0.25) is 0 Å². The first-order valence-corrected chi connectivity index (χ1v) is 5.96. The van der Waals surface area contributed by atoms with Crippen LogP contribution in [0.2, 0.25) is 0 Å². The highest BCUT2D eigenvalue weighted by atomic mass is 32.1. The lowest BCUT2D eigenvalue weighted by atomic mass is 10.1. The highest BCUT2D eigenvalue weighted by Gasteiger charge is 2.46. The summed E-state index contributed by atoms with van der Waals surface area (Å²) in [4.78, 5) is 15.6. The van der Waals surface area contributed by atoms with Crippen LogP contribution in [-0.4, -0.2) is 16.9 Å². The highest BCUT2D eigenvalue weighted by Crippen LogP contribution is 2.51. The van der Waals surface area contributed by atoms with Crippen LogP contribution in [0.5, 0.6) is 0 Å². The Bertz CT molecular complexity index is 339. The second kappa shape index (κ2) is 3.05. The number of nitrogens with one attached hydrogen (secondary N) is 1. The molecular weight excluding hydrogens is 196 g/mol. The molecule has 0 bridgehead atoms. The van der Waals surface area contributed by atoms with E-state index in [1.54, 1.807) is 10.9 Å². The van der Waals surface area contributed by atoms with E-state index in [9.17, 15) is 4.79 Å². The van der Waals surface area contributed by atoms with Crippen molar-refractivity contribution in [2.75, 3.05) is 0 Å². The average Bonchev–Trinajstić information content (AvgIpc) is 2.69. The van der Waals surface area contributed by atoms with Crippen molar-refractivity contribution in [1.82, 2.24) is 10.3 Å². The Morgan fingerprint density at radius 1 is 1.43 bits per heavy atom. The number of rotatable bonds is 2. The van der Waals surface area contributed by atoms with Crippen molar-refractivity contribution < 1.29 is 4.79 Å². The van der Waals surface area contributed by atoms with Gasteiger partial charge in [-0.05, 0) is 31.1 Å². The van der Waals surface area contributed by atoms with E-state index in [2.05, 4.69) is 10.3 Å². The zero-order chi connectivity index (χ0) is 9.54. The standard InChI is InChI=1S/C10H12N2OS/c13-10(9-4-14-5-11-9)12-8-2-6-1-7(6)3-8/h4-8H,1-3H2,(H,12,13). The molecule has 1 aromatic rings. The molecule has 2 unspecified atom stereocenters. The van der Waals surface area contributed by atoms with Gasteiger partial charge in [0.25, 0.3) is 5.91 Å². The number of hydrogen-bond donors (Lipinski definition) is 1. The van der Waals surface area contributed by atoms with Crippen LogP contribution < -0.4 is 5.32 Å². The second-order valence-corrected chi connectivity index (χ2v) is 4.99. The van der Waals surface area contributed by atoms with E-state index in [4.69, 9.17) is 0 Å². The summed E-state index contributed by atoms with van der Waals surface area (Å²) in [6.45, 7) is 0. The van der Waals surface area contributed by atoms with Gasteiger partial charge >= 0.3 is 0 Å². The largest absolute Gasteiger partial charge is 0.348 e. The number of carbonyl (C=O) groups excluding carboxylic acids is 1. The Hall–Kier alpha value is -0.900. The molecule has 0 radical (unpaired) electrons. The summed E-state index contributed by atoms with van der Waals surface area (Å²) in [5, 5.41) is 4.84. The maximum atomic E-state index is 11.6. The van der Waals surface area contributed by atoms with Crippen LogP contribution in [0.1, 0.15) is 29.8 Å². The molecule has 1 N–H and O–H groups in total. The lowest BCUT2D eigenvalue weighted by Crippen LogP contribution is -2.33. The summed E-state index contributed by atoms with van der Waals surface area (Å²) in [7, 11) is 0. The topological polar surface area (TPSA) is 42.0 Å². The number of fused-ring (bicyclic) bond motifs is 1. The Labute approximate surface area is 86.5 Å². The molecule has 1 amide bonds. The molecule has 0 saturated heterocycles. The minimum absolute atomic E-state index is 0.00227. The van der Waals surface area contributed by atoms with Gasteiger partial charge in [-0.15, -0.1) is 11.3 Å². The minimum Gasteiger partial charge on any atom is -0.348 e. The Kier molecular flexibility index (Phi) is 1.83. The van der Waals surface area contributed by atoms with Crippen molar-refractivity contribution in [3.8, 4) is 0 Å². The smallest absolute Gasteiger partial charge is 0.270 e. The summed E-state index contributed by atoms with van der Waals surface area (Å²) in [5.41, 5.74) is 2.26. The predicted molar refractivity (Wildman–Crippen MR) is 54.2 cm³/mol. The highest BCUT2D eigenvalue weighted by molar-refractivity contribution is 7.07. The monoisotopic (exact) mass is 208 g/mol. The zero-order valence-corrected chi connectivity index (χ0v) is 8.59. The minimum atomic E-state index is -0.00227. The van der Waals surface area contributed by atoms with E-state index >= 15 is 0 Å². The van der Waals surface area contributed by atoms with Crippen molar-refractivity contribution in [2.45, 2.75) is 25.3 Å². The van der Waals surface area contributed by atoms with Crippen LogP contribution in [0, 0.1) is 11.8 Å². The molecule has 14 heavy (non-hydrogen) atoms. The fourth-order valence-electron chi connectivity index (χ4n) is 2.42. The summed E-state index contributed by atoms with van der Waals surface area (Å²) in [5.74, 6) is 1.82. The lowest BCUT2D eigenvalue weighted by molar-refractivity contribution is 0.0931. The molecule has 3 nitrogen and oxygen atoms in total. The SMILES string of the molecule is O=C(NC1CC2CC2C1)c1cscn1. The molecule has 0 aromatic carbocycles. The fourth-order valence-corrected chi connectivity index (χ4v) is 2.95. The van der Waals surface area contributed by atoms with E-state index in [0.29, 0.717) is 11.7 Å². The van der Waals surface area contributed by atoms with Crippen molar-refractivity contribution in [3.63, 3.8) is 0 Å². The molecule has 3 rings (SSSR count).